The molecule has 3 aromatic rings. The van der Waals surface area contributed by atoms with E-state index >= 15 is 0 Å². The van der Waals surface area contributed by atoms with E-state index in [0.717, 1.165) is 34.8 Å². The van der Waals surface area contributed by atoms with Crippen LogP contribution in [0.15, 0.2) is 65.6 Å². The smallest absolute Gasteiger partial charge is 0.417 e. The van der Waals surface area contributed by atoms with Crippen LogP contribution in [0.5, 0.6) is 5.75 Å². The predicted octanol–water partition coefficient (Wildman–Crippen LogP) is 5.61. The topological polar surface area (TPSA) is 122 Å². The summed E-state index contributed by atoms with van der Waals surface area (Å²) < 4.78 is 97.8. The number of methoxy groups -OCH3 is 1. The van der Waals surface area contributed by atoms with Gasteiger partial charge in [0.2, 0.25) is 15.9 Å². The minimum absolute atomic E-state index is 0.111. The van der Waals surface area contributed by atoms with E-state index in [2.05, 4.69) is 5.32 Å². The molecule has 0 bridgehead atoms. The number of nitrogens with one attached hydrogen (secondary N) is 2. The van der Waals surface area contributed by atoms with Gasteiger partial charge in [-0.1, -0.05) is 23.2 Å². The summed E-state index contributed by atoms with van der Waals surface area (Å²) in [4.78, 5) is 12.6. The molecular weight excluding hydrogens is 618 g/mol. The van der Waals surface area contributed by atoms with Crippen LogP contribution in [0, 0.1) is 0 Å². The third kappa shape index (κ3) is 7.30. The van der Waals surface area contributed by atoms with Crippen molar-refractivity contribution in [1.82, 2.24) is 0 Å². The summed E-state index contributed by atoms with van der Waals surface area (Å²) in [5, 5.41) is 2.04. The molecule has 0 radical (unpaired) electrons. The molecule has 3 rings (SSSR count). The first-order valence-corrected chi connectivity index (χ1v) is 15.2. The zero-order valence-electron chi connectivity index (χ0n) is 21.0. The highest BCUT2D eigenvalue weighted by atomic mass is 35.5. The van der Waals surface area contributed by atoms with E-state index in [1.54, 1.807) is 0 Å². The van der Waals surface area contributed by atoms with Crippen molar-refractivity contribution in [2.45, 2.75) is 24.0 Å². The third-order valence-electron chi connectivity index (χ3n) is 5.43. The molecule has 216 valence electrons. The third-order valence-corrected chi connectivity index (χ3v) is 8.70. The van der Waals surface area contributed by atoms with Crippen molar-refractivity contribution >= 4 is 66.2 Å². The number of amides is 1. The summed E-state index contributed by atoms with van der Waals surface area (Å²) in [6.07, 6.45) is -3.87. The molecule has 0 aliphatic heterocycles. The lowest BCUT2D eigenvalue weighted by Gasteiger charge is -2.28. The Kier molecular flexibility index (Phi) is 9.19. The maximum atomic E-state index is 13.1. The van der Waals surface area contributed by atoms with E-state index in [1.165, 1.54) is 44.4 Å². The lowest BCUT2D eigenvalue weighted by molar-refractivity contribution is -0.137. The Morgan fingerprint density at radius 3 is 2.05 bits per heavy atom. The molecule has 40 heavy (non-hydrogen) atoms. The number of rotatable bonds is 9. The zero-order valence-corrected chi connectivity index (χ0v) is 24.1. The first kappa shape index (κ1) is 31.3. The van der Waals surface area contributed by atoms with Crippen LogP contribution in [-0.2, 0) is 31.0 Å². The average Bonchev–Trinajstić information content (AvgIpc) is 2.84. The normalized spacial score (nSPS) is 12.9. The van der Waals surface area contributed by atoms with Crippen molar-refractivity contribution < 1.29 is 39.5 Å². The monoisotopic (exact) mass is 639 g/mol. The second-order valence-corrected chi connectivity index (χ2v) is 12.7. The van der Waals surface area contributed by atoms with Gasteiger partial charge in [-0.25, -0.2) is 16.8 Å². The number of ether oxygens (including phenoxy) is 1. The van der Waals surface area contributed by atoms with Gasteiger partial charge in [0, 0.05) is 11.4 Å². The quantitative estimate of drug-likeness (QED) is 0.314. The zero-order chi connectivity index (χ0) is 30.0. The number of hydrogen-bond acceptors (Lipinski definition) is 6. The van der Waals surface area contributed by atoms with E-state index in [-0.39, 0.29) is 27.0 Å². The molecular formula is C24H22Cl2F3N3O6S2. The van der Waals surface area contributed by atoms with E-state index in [9.17, 15) is 34.8 Å². The molecule has 0 saturated carbocycles. The Labute approximate surface area is 238 Å². The maximum absolute atomic E-state index is 13.1. The van der Waals surface area contributed by atoms with Gasteiger partial charge in [0.15, 0.2) is 0 Å². The van der Waals surface area contributed by atoms with Crippen LogP contribution in [0.1, 0.15) is 12.5 Å². The number of sulfonamides is 2. The van der Waals surface area contributed by atoms with Gasteiger partial charge in [-0.15, -0.1) is 0 Å². The van der Waals surface area contributed by atoms with Gasteiger partial charge in [0.05, 0.1) is 39.6 Å². The lowest BCUT2D eigenvalue weighted by atomic mass is 10.2. The van der Waals surface area contributed by atoms with Gasteiger partial charge < -0.3 is 10.1 Å². The number of halogens is 5. The van der Waals surface area contributed by atoms with Crippen molar-refractivity contribution in [2.24, 2.45) is 0 Å². The Hall–Kier alpha value is -3.20. The molecule has 1 amide bonds. The number of nitrogens with zero attached hydrogens (tertiary/aromatic N) is 1. The van der Waals surface area contributed by atoms with E-state index in [4.69, 9.17) is 27.9 Å². The highest BCUT2D eigenvalue weighted by Gasteiger charge is 2.34. The number of benzene rings is 3. The first-order chi connectivity index (χ1) is 18.4. The second kappa shape index (κ2) is 11.7. The number of anilines is 3. The molecule has 0 heterocycles. The first-order valence-electron chi connectivity index (χ1n) is 11.1. The van der Waals surface area contributed by atoms with E-state index in [1.807, 2.05) is 4.72 Å². The summed E-state index contributed by atoms with van der Waals surface area (Å²) in [6.45, 7) is 1.35. The van der Waals surface area contributed by atoms with Crippen molar-refractivity contribution in [3.8, 4) is 5.75 Å². The molecule has 1 atom stereocenters. The molecule has 0 saturated heterocycles. The lowest BCUT2D eigenvalue weighted by Crippen LogP contribution is -2.45. The van der Waals surface area contributed by atoms with Gasteiger partial charge in [-0.2, -0.15) is 13.2 Å². The van der Waals surface area contributed by atoms with Crippen molar-refractivity contribution in [3.63, 3.8) is 0 Å². The molecule has 0 unspecified atom stereocenters. The van der Waals surface area contributed by atoms with Crippen LogP contribution in [-0.4, -0.2) is 42.2 Å². The molecule has 0 fully saturated rings. The highest BCUT2D eigenvalue weighted by molar-refractivity contribution is 7.92. The Balaban J connectivity index is 1.79. The summed E-state index contributed by atoms with van der Waals surface area (Å²) in [7, 11) is -6.88. The van der Waals surface area contributed by atoms with Crippen molar-refractivity contribution in [1.29, 1.82) is 0 Å². The van der Waals surface area contributed by atoms with Gasteiger partial charge in [-0.05, 0) is 67.6 Å². The average molecular weight is 640 g/mol. The van der Waals surface area contributed by atoms with Crippen LogP contribution in [0.25, 0.3) is 0 Å². The summed E-state index contributed by atoms with van der Waals surface area (Å²) in [6, 6.07) is 10.2. The van der Waals surface area contributed by atoms with Crippen LogP contribution in [0.2, 0.25) is 10.0 Å². The van der Waals surface area contributed by atoms with Gasteiger partial charge in [0.25, 0.3) is 10.0 Å². The molecule has 3 aromatic carbocycles. The number of alkyl halides is 3. The Morgan fingerprint density at radius 1 is 0.925 bits per heavy atom. The van der Waals surface area contributed by atoms with Gasteiger partial charge in [0.1, 0.15) is 11.8 Å². The van der Waals surface area contributed by atoms with Gasteiger partial charge in [-0.3, -0.25) is 13.8 Å². The fourth-order valence-electron chi connectivity index (χ4n) is 3.59. The molecule has 0 spiro atoms. The van der Waals surface area contributed by atoms with Crippen molar-refractivity contribution in [2.75, 3.05) is 27.7 Å². The maximum Gasteiger partial charge on any atom is 0.417 e. The number of hydrogen-bond donors (Lipinski definition) is 2. The molecule has 9 nitrogen and oxygen atoms in total. The van der Waals surface area contributed by atoms with Crippen LogP contribution in [0.3, 0.4) is 0 Å². The standard InChI is InChI=1S/C24H22Cl2F3N3O6S2/c1-14(32(39(3,34)35)17-7-11-22(38-2)21(26)13-17)23(33)30-15-4-8-18(9-5-15)40(36,37)31-16-6-10-20(25)19(12-16)24(27,28)29/h4-14,31H,1-3H3,(H,30,33)/t14-/m0/s1. The second-order valence-electron chi connectivity index (χ2n) is 8.37. The van der Waals surface area contributed by atoms with E-state index < -0.39 is 48.8 Å². The van der Waals surface area contributed by atoms with Crippen LogP contribution >= 0.6 is 23.2 Å². The summed E-state index contributed by atoms with van der Waals surface area (Å²) in [5.41, 5.74) is -1.33. The fraction of sp³-hybridized carbons (Fsp3) is 0.208. The SMILES string of the molecule is COc1ccc(N([C@@H](C)C(=O)Nc2ccc(S(=O)(=O)Nc3ccc(Cl)c(C(F)(F)F)c3)cc2)S(C)(=O)=O)cc1Cl. The van der Waals surface area contributed by atoms with Crippen LogP contribution in [0.4, 0.5) is 30.2 Å². The van der Waals surface area contributed by atoms with Crippen LogP contribution < -0.4 is 19.1 Å². The Bertz CT molecular complexity index is 1630. The largest absolute Gasteiger partial charge is 0.495 e. The summed E-state index contributed by atoms with van der Waals surface area (Å²) >= 11 is 11.7. The highest BCUT2D eigenvalue weighted by Crippen LogP contribution is 2.36. The summed E-state index contributed by atoms with van der Waals surface area (Å²) in [5.74, 6) is -0.440. The molecule has 0 aliphatic carbocycles. The Morgan fingerprint density at radius 2 is 1.52 bits per heavy atom. The molecule has 2 N–H and O–H groups in total. The molecule has 0 aromatic heterocycles. The van der Waals surface area contributed by atoms with Gasteiger partial charge >= 0.3 is 6.18 Å². The predicted molar refractivity (Wildman–Crippen MR) is 147 cm³/mol. The van der Waals surface area contributed by atoms with Crippen molar-refractivity contribution in [3.05, 3.63) is 76.3 Å². The fourth-order valence-corrected chi connectivity index (χ4v) is 6.28. The minimum Gasteiger partial charge on any atom is -0.495 e. The molecule has 0 aliphatic rings. The molecule has 16 heteroatoms. The number of carbonyl (C=O) groups excluding carboxylic acids is 1. The number of carbonyl (C=O) groups is 1. The minimum atomic E-state index is -4.79. The van der Waals surface area contributed by atoms with E-state index in [0.29, 0.717) is 11.8 Å².